The van der Waals surface area contributed by atoms with Crippen molar-refractivity contribution in [2.24, 2.45) is 5.92 Å². The summed E-state index contributed by atoms with van der Waals surface area (Å²) in [6, 6.07) is 5.78. The van der Waals surface area contributed by atoms with Crippen LogP contribution in [0.5, 0.6) is 0 Å². The van der Waals surface area contributed by atoms with Gasteiger partial charge in [0, 0.05) is 17.8 Å². The molecule has 34 heavy (non-hydrogen) atoms. The van der Waals surface area contributed by atoms with Gasteiger partial charge in [-0.15, -0.1) is 0 Å². The van der Waals surface area contributed by atoms with Crippen molar-refractivity contribution in [3.63, 3.8) is 0 Å². The zero-order valence-electron chi connectivity index (χ0n) is 20.3. The molecule has 9 heteroatoms. The summed E-state index contributed by atoms with van der Waals surface area (Å²) in [5.74, 6) is -1.43. The molecule has 4 N–H and O–H groups in total. The lowest BCUT2D eigenvalue weighted by Crippen LogP contribution is -2.27. The second-order valence-electron chi connectivity index (χ2n) is 9.37. The average Bonchev–Trinajstić information content (AvgIpc) is 3.11. The molecule has 1 aromatic carbocycles. The summed E-state index contributed by atoms with van der Waals surface area (Å²) in [4.78, 5) is 23.8. The Hall–Kier alpha value is -2.78. The van der Waals surface area contributed by atoms with Gasteiger partial charge in [-0.3, -0.25) is 9.59 Å². The van der Waals surface area contributed by atoms with Crippen LogP contribution in [0.2, 0.25) is 0 Å². The van der Waals surface area contributed by atoms with Gasteiger partial charge in [0.15, 0.2) is 5.69 Å². The molecule has 1 aromatic heterocycles. The molecule has 8 nitrogen and oxygen atoms in total. The van der Waals surface area contributed by atoms with Gasteiger partial charge in [-0.05, 0) is 61.8 Å². The number of carboxylic acid groups (broad SMARTS) is 1. The van der Waals surface area contributed by atoms with Gasteiger partial charge in [-0.25, -0.2) is 9.07 Å². The van der Waals surface area contributed by atoms with Crippen LogP contribution in [-0.2, 0) is 11.2 Å². The number of aromatic nitrogens is 2. The fraction of sp³-hybridized carbons (Fsp3) is 0.560. The number of rotatable bonds is 13. The SMILES string of the molecule is CC(C)CCNC(=O)c1nn(-c2ccc(F)cc2)c(CCC(O)CC(O)CC(=O)O)c1C(C)C. The van der Waals surface area contributed by atoms with E-state index in [4.69, 9.17) is 5.11 Å². The minimum Gasteiger partial charge on any atom is -0.481 e. The highest BCUT2D eigenvalue weighted by molar-refractivity contribution is 5.94. The molecule has 0 aliphatic carbocycles. The lowest BCUT2D eigenvalue weighted by atomic mass is 9.95. The van der Waals surface area contributed by atoms with Crippen LogP contribution in [0.25, 0.3) is 5.69 Å². The van der Waals surface area contributed by atoms with E-state index in [2.05, 4.69) is 24.3 Å². The van der Waals surface area contributed by atoms with Crippen LogP contribution in [-0.4, -0.2) is 55.7 Å². The number of halogens is 1. The zero-order valence-corrected chi connectivity index (χ0v) is 20.3. The summed E-state index contributed by atoms with van der Waals surface area (Å²) in [6.07, 6.45) is -1.20. The Kier molecular flexibility index (Phi) is 10.2. The standard InChI is InChI=1S/C25H36FN3O5/c1-15(2)11-12-27-25(34)24-23(16(3)4)21(10-9-19(30)13-20(31)14-22(32)33)29(28-24)18-7-5-17(26)6-8-18/h5-8,15-16,19-20,30-31H,9-14H2,1-4H3,(H,27,34)(H,32,33). The van der Waals surface area contributed by atoms with E-state index < -0.39 is 30.4 Å². The molecule has 0 aliphatic heterocycles. The molecule has 0 saturated heterocycles. The predicted molar refractivity (Wildman–Crippen MR) is 127 cm³/mol. The molecule has 0 spiro atoms. The number of hydrogen-bond acceptors (Lipinski definition) is 5. The minimum atomic E-state index is -1.15. The summed E-state index contributed by atoms with van der Waals surface area (Å²) in [5, 5.41) is 36.6. The fourth-order valence-corrected chi connectivity index (χ4v) is 3.85. The second-order valence-corrected chi connectivity index (χ2v) is 9.37. The van der Waals surface area contributed by atoms with Gasteiger partial charge in [0.05, 0.1) is 24.3 Å². The van der Waals surface area contributed by atoms with Crippen molar-refractivity contribution in [1.29, 1.82) is 0 Å². The normalized spacial score (nSPS) is 13.3. The molecule has 0 radical (unpaired) electrons. The third kappa shape index (κ3) is 7.92. The van der Waals surface area contributed by atoms with Crippen LogP contribution < -0.4 is 5.32 Å². The average molecular weight is 478 g/mol. The molecule has 2 atom stereocenters. The minimum absolute atomic E-state index is 0.0511. The van der Waals surface area contributed by atoms with Gasteiger partial charge < -0.3 is 20.6 Å². The van der Waals surface area contributed by atoms with Crippen LogP contribution in [0.3, 0.4) is 0 Å². The van der Waals surface area contributed by atoms with E-state index in [-0.39, 0.29) is 24.7 Å². The molecule has 1 amide bonds. The highest BCUT2D eigenvalue weighted by Crippen LogP contribution is 2.28. The van der Waals surface area contributed by atoms with E-state index in [0.717, 1.165) is 12.0 Å². The van der Waals surface area contributed by atoms with E-state index in [1.807, 2.05) is 13.8 Å². The Bertz CT molecular complexity index is 956. The van der Waals surface area contributed by atoms with Crippen molar-refractivity contribution >= 4 is 11.9 Å². The molecule has 2 rings (SSSR count). The molecule has 2 aromatic rings. The topological polar surface area (TPSA) is 125 Å². The Labute approximate surface area is 199 Å². The lowest BCUT2D eigenvalue weighted by Gasteiger charge is -2.16. The van der Waals surface area contributed by atoms with Gasteiger partial charge in [-0.1, -0.05) is 27.7 Å². The number of carbonyl (C=O) groups excluding carboxylic acids is 1. The summed E-state index contributed by atoms with van der Waals surface area (Å²) in [5.41, 5.74) is 2.32. The van der Waals surface area contributed by atoms with E-state index in [0.29, 0.717) is 36.0 Å². The third-order valence-corrected chi connectivity index (χ3v) is 5.56. The lowest BCUT2D eigenvalue weighted by molar-refractivity contribution is -0.139. The largest absolute Gasteiger partial charge is 0.481 e. The van der Waals surface area contributed by atoms with Gasteiger partial charge in [0.2, 0.25) is 0 Å². The molecule has 0 fully saturated rings. The highest BCUT2D eigenvalue weighted by atomic mass is 19.1. The first kappa shape index (κ1) is 27.5. The van der Waals surface area contributed by atoms with E-state index in [9.17, 15) is 24.2 Å². The Balaban J connectivity index is 2.36. The van der Waals surface area contributed by atoms with E-state index in [1.165, 1.54) is 12.1 Å². The molecule has 1 heterocycles. The van der Waals surface area contributed by atoms with Crippen molar-refractivity contribution in [3.05, 3.63) is 47.0 Å². The van der Waals surface area contributed by atoms with E-state index in [1.54, 1.807) is 16.8 Å². The van der Waals surface area contributed by atoms with Gasteiger partial charge in [-0.2, -0.15) is 5.10 Å². The number of aliphatic hydroxyl groups excluding tert-OH is 2. The summed E-state index contributed by atoms with van der Waals surface area (Å²) in [7, 11) is 0. The highest BCUT2D eigenvalue weighted by Gasteiger charge is 2.26. The molecular weight excluding hydrogens is 441 g/mol. The third-order valence-electron chi connectivity index (χ3n) is 5.56. The molecule has 0 saturated carbocycles. The second kappa shape index (κ2) is 12.6. The summed E-state index contributed by atoms with van der Waals surface area (Å²) >= 11 is 0. The number of amides is 1. The van der Waals surface area contributed by atoms with Gasteiger partial charge in [0.1, 0.15) is 5.82 Å². The quantitative estimate of drug-likeness (QED) is 0.350. The fourth-order valence-electron chi connectivity index (χ4n) is 3.85. The number of benzene rings is 1. The number of nitrogens with zero attached hydrogens (tertiary/aromatic N) is 2. The van der Waals surface area contributed by atoms with Crippen LogP contribution >= 0.6 is 0 Å². The monoisotopic (exact) mass is 477 g/mol. The number of nitrogens with one attached hydrogen (secondary N) is 1. The Morgan fingerprint density at radius 1 is 1.06 bits per heavy atom. The predicted octanol–water partition coefficient (Wildman–Crippen LogP) is 3.43. The van der Waals surface area contributed by atoms with E-state index >= 15 is 0 Å². The maximum atomic E-state index is 13.5. The number of aliphatic carboxylic acids is 1. The number of aliphatic hydroxyl groups is 2. The van der Waals surface area contributed by atoms with Crippen molar-refractivity contribution in [2.75, 3.05) is 6.54 Å². The molecule has 0 aliphatic rings. The van der Waals surface area contributed by atoms with Crippen LogP contribution in [0, 0.1) is 11.7 Å². The number of carbonyl (C=O) groups is 2. The molecule has 0 bridgehead atoms. The summed E-state index contributed by atoms with van der Waals surface area (Å²) < 4.78 is 15.1. The van der Waals surface area contributed by atoms with Gasteiger partial charge in [0.25, 0.3) is 5.91 Å². The van der Waals surface area contributed by atoms with Gasteiger partial charge >= 0.3 is 5.97 Å². The molecule has 2 unspecified atom stereocenters. The first-order valence-corrected chi connectivity index (χ1v) is 11.7. The zero-order chi connectivity index (χ0) is 25.4. The smallest absolute Gasteiger partial charge is 0.305 e. The van der Waals surface area contributed by atoms with Crippen LogP contribution in [0.15, 0.2) is 24.3 Å². The van der Waals surface area contributed by atoms with Crippen molar-refractivity contribution in [1.82, 2.24) is 15.1 Å². The summed E-state index contributed by atoms with van der Waals surface area (Å²) in [6.45, 7) is 8.57. The first-order chi connectivity index (χ1) is 16.0. The maximum absolute atomic E-state index is 13.5. The van der Waals surface area contributed by atoms with Crippen molar-refractivity contribution < 1.29 is 29.3 Å². The molecular formula is C25H36FN3O5. The van der Waals surface area contributed by atoms with Crippen LogP contribution in [0.1, 0.15) is 81.0 Å². The van der Waals surface area contributed by atoms with Crippen LogP contribution in [0.4, 0.5) is 4.39 Å². The maximum Gasteiger partial charge on any atom is 0.305 e. The number of carboxylic acids is 1. The first-order valence-electron chi connectivity index (χ1n) is 11.7. The molecule has 188 valence electrons. The van der Waals surface area contributed by atoms with Crippen molar-refractivity contribution in [2.45, 2.75) is 77.9 Å². The Morgan fingerprint density at radius 2 is 1.71 bits per heavy atom. The Morgan fingerprint density at radius 3 is 2.26 bits per heavy atom. The number of hydrogen-bond donors (Lipinski definition) is 4. The van der Waals surface area contributed by atoms with Crippen molar-refractivity contribution in [3.8, 4) is 5.69 Å².